The molecule has 0 unspecified atom stereocenters. The number of hydrogen-bond donors (Lipinski definition) is 1. The lowest BCUT2D eigenvalue weighted by Gasteiger charge is -2.32. The molecule has 0 atom stereocenters. The van der Waals surface area contributed by atoms with Crippen molar-refractivity contribution < 1.29 is 18.0 Å². The van der Waals surface area contributed by atoms with Crippen molar-refractivity contribution in [1.82, 2.24) is 10.2 Å². The summed E-state index contributed by atoms with van der Waals surface area (Å²) in [5.74, 6) is -0.378. The molecule has 0 aliphatic carbocycles. The summed E-state index contributed by atoms with van der Waals surface area (Å²) in [6, 6.07) is 0.395. The van der Waals surface area contributed by atoms with E-state index >= 15 is 0 Å². The van der Waals surface area contributed by atoms with Crippen LogP contribution in [-0.4, -0.2) is 42.7 Å². The lowest BCUT2D eigenvalue weighted by Crippen LogP contribution is -2.45. The summed E-state index contributed by atoms with van der Waals surface area (Å²) < 4.78 is 35.9. The molecule has 0 aromatic carbocycles. The Morgan fingerprint density at radius 2 is 1.94 bits per heavy atom. The molecule has 6 heteroatoms. The van der Waals surface area contributed by atoms with Gasteiger partial charge in [0.25, 0.3) is 0 Å². The van der Waals surface area contributed by atoms with Gasteiger partial charge in [0.05, 0.1) is 6.42 Å². The minimum atomic E-state index is -4.24. The van der Waals surface area contributed by atoms with Gasteiger partial charge in [-0.2, -0.15) is 13.2 Å². The molecule has 1 aliphatic heterocycles. The maximum absolute atomic E-state index is 12.0. The van der Waals surface area contributed by atoms with Gasteiger partial charge >= 0.3 is 6.18 Å². The molecule has 0 spiro atoms. The zero-order valence-corrected chi connectivity index (χ0v) is 10.0. The van der Waals surface area contributed by atoms with Crippen molar-refractivity contribution in [3.05, 3.63) is 0 Å². The largest absolute Gasteiger partial charge is 0.389 e. The minimum Gasteiger partial charge on any atom is -0.343 e. The zero-order valence-electron chi connectivity index (χ0n) is 10.0. The number of halogens is 3. The molecule has 17 heavy (non-hydrogen) atoms. The monoisotopic (exact) mass is 252 g/mol. The van der Waals surface area contributed by atoms with Crippen molar-refractivity contribution in [3.8, 4) is 0 Å². The first-order chi connectivity index (χ1) is 7.92. The highest BCUT2D eigenvalue weighted by Gasteiger charge is 2.30. The Hall–Kier alpha value is -0.780. The number of carbonyl (C=O) groups is 1. The molecular formula is C11H19F3N2O. The van der Waals surface area contributed by atoms with Gasteiger partial charge in [0.2, 0.25) is 5.91 Å². The molecule has 0 radical (unpaired) electrons. The predicted octanol–water partition coefficient (Wildman–Crippen LogP) is 1.93. The number of rotatable bonds is 4. The number of likely N-dealkylation sites (tertiary alicyclic amines) is 1. The average Bonchev–Trinajstić information content (AvgIpc) is 2.26. The number of nitrogens with one attached hydrogen (secondary N) is 1. The molecule has 0 aromatic rings. The van der Waals surface area contributed by atoms with Crippen molar-refractivity contribution in [2.45, 2.75) is 44.8 Å². The zero-order chi connectivity index (χ0) is 12.9. The van der Waals surface area contributed by atoms with Crippen LogP contribution in [0.3, 0.4) is 0 Å². The molecule has 1 rings (SSSR count). The number of nitrogens with zero attached hydrogens (tertiary/aromatic N) is 1. The molecule has 1 heterocycles. The summed E-state index contributed by atoms with van der Waals surface area (Å²) in [5.41, 5.74) is 0. The van der Waals surface area contributed by atoms with Gasteiger partial charge < -0.3 is 10.2 Å². The Morgan fingerprint density at radius 3 is 2.41 bits per heavy atom. The van der Waals surface area contributed by atoms with E-state index in [0.717, 1.165) is 19.4 Å². The van der Waals surface area contributed by atoms with E-state index in [1.54, 1.807) is 4.90 Å². The van der Waals surface area contributed by atoms with Crippen LogP contribution in [0, 0.1) is 0 Å². The second kappa shape index (κ2) is 6.23. The van der Waals surface area contributed by atoms with Crippen LogP contribution in [0.2, 0.25) is 0 Å². The van der Waals surface area contributed by atoms with E-state index in [9.17, 15) is 18.0 Å². The Kier molecular flexibility index (Phi) is 5.24. The number of piperidine rings is 1. The van der Waals surface area contributed by atoms with E-state index in [2.05, 4.69) is 5.32 Å². The summed E-state index contributed by atoms with van der Waals surface area (Å²) in [5, 5.41) is 3.28. The topological polar surface area (TPSA) is 32.3 Å². The molecule has 1 aliphatic rings. The fourth-order valence-corrected chi connectivity index (χ4v) is 2.03. The van der Waals surface area contributed by atoms with Gasteiger partial charge in [0, 0.05) is 25.6 Å². The van der Waals surface area contributed by atoms with Crippen molar-refractivity contribution >= 4 is 5.91 Å². The Morgan fingerprint density at radius 1 is 1.35 bits per heavy atom. The van der Waals surface area contributed by atoms with Crippen LogP contribution in [0.15, 0.2) is 0 Å². The molecule has 0 bridgehead atoms. The summed E-state index contributed by atoms with van der Waals surface area (Å²) in [7, 11) is 0. The Balaban J connectivity index is 2.26. The normalized spacial score (nSPS) is 18.5. The molecule has 1 amide bonds. The quantitative estimate of drug-likeness (QED) is 0.829. The highest BCUT2D eigenvalue weighted by Crippen LogP contribution is 2.22. The summed E-state index contributed by atoms with van der Waals surface area (Å²) >= 11 is 0. The highest BCUT2D eigenvalue weighted by atomic mass is 19.4. The van der Waals surface area contributed by atoms with E-state index in [4.69, 9.17) is 0 Å². The molecule has 100 valence electrons. The number of amides is 1. The lowest BCUT2D eigenvalue weighted by molar-refractivity contribution is -0.149. The fourth-order valence-electron chi connectivity index (χ4n) is 2.03. The van der Waals surface area contributed by atoms with Gasteiger partial charge in [-0.25, -0.2) is 0 Å². The Labute approximate surface area is 99.4 Å². The van der Waals surface area contributed by atoms with E-state index in [-0.39, 0.29) is 5.91 Å². The summed E-state index contributed by atoms with van der Waals surface area (Å²) in [6.45, 7) is 4.02. The van der Waals surface area contributed by atoms with E-state index < -0.39 is 19.0 Å². The number of hydrogen-bond acceptors (Lipinski definition) is 2. The molecular weight excluding hydrogens is 233 g/mol. The van der Waals surface area contributed by atoms with Crippen LogP contribution in [0.25, 0.3) is 0 Å². The predicted molar refractivity (Wildman–Crippen MR) is 58.6 cm³/mol. The van der Waals surface area contributed by atoms with Crippen molar-refractivity contribution in [2.24, 2.45) is 0 Å². The van der Waals surface area contributed by atoms with Crippen molar-refractivity contribution in [2.75, 3.05) is 19.6 Å². The smallest absolute Gasteiger partial charge is 0.343 e. The number of alkyl halides is 3. The van der Waals surface area contributed by atoms with Gasteiger partial charge in [0.15, 0.2) is 0 Å². The van der Waals surface area contributed by atoms with Gasteiger partial charge in [-0.1, -0.05) is 6.92 Å². The van der Waals surface area contributed by atoms with Crippen LogP contribution in [0.1, 0.15) is 32.6 Å². The Bertz CT molecular complexity index is 248. The third-order valence-corrected chi connectivity index (χ3v) is 2.96. The van der Waals surface area contributed by atoms with Crippen molar-refractivity contribution in [1.29, 1.82) is 0 Å². The second-order valence-electron chi connectivity index (χ2n) is 4.33. The maximum atomic E-state index is 12.0. The van der Waals surface area contributed by atoms with Crippen LogP contribution < -0.4 is 5.32 Å². The molecule has 0 aromatic heterocycles. The summed E-state index contributed by atoms with van der Waals surface area (Å²) in [6.07, 6.45) is -4.02. The third-order valence-electron chi connectivity index (χ3n) is 2.96. The van der Waals surface area contributed by atoms with Gasteiger partial charge in [0.1, 0.15) is 0 Å². The average molecular weight is 252 g/mol. The van der Waals surface area contributed by atoms with Gasteiger partial charge in [-0.05, 0) is 19.4 Å². The van der Waals surface area contributed by atoms with E-state index in [0.29, 0.717) is 19.1 Å². The van der Waals surface area contributed by atoms with Crippen LogP contribution >= 0.6 is 0 Å². The minimum absolute atomic E-state index is 0.378. The molecule has 1 N–H and O–H groups in total. The highest BCUT2D eigenvalue weighted by molar-refractivity contribution is 5.76. The third kappa shape index (κ3) is 5.39. The second-order valence-corrected chi connectivity index (χ2v) is 4.33. The molecule has 1 fully saturated rings. The molecule has 1 saturated heterocycles. The van der Waals surface area contributed by atoms with Crippen LogP contribution in [0.4, 0.5) is 13.2 Å². The van der Waals surface area contributed by atoms with Gasteiger partial charge in [-0.3, -0.25) is 4.79 Å². The van der Waals surface area contributed by atoms with Crippen LogP contribution in [-0.2, 0) is 4.79 Å². The maximum Gasteiger partial charge on any atom is 0.389 e. The molecule has 3 nitrogen and oxygen atoms in total. The molecule has 0 saturated carbocycles. The van der Waals surface area contributed by atoms with E-state index in [1.165, 1.54) is 0 Å². The van der Waals surface area contributed by atoms with Crippen molar-refractivity contribution in [3.63, 3.8) is 0 Å². The first-order valence-corrected chi connectivity index (χ1v) is 6.00. The van der Waals surface area contributed by atoms with E-state index in [1.807, 2.05) is 6.92 Å². The fraction of sp³-hybridized carbons (Fsp3) is 0.909. The van der Waals surface area contributed by atoms with Crippen LogP contribution in [0.5, 0.6) is 0 Å². The summed E-state index contributed by atoms with van der Waals surface area (Å²) in [4.78, 5) is 13.1. The van der Waals surface area contributed by atoms with Gasteiger partial charge in [-0.15, -0.1) is 0 Å². The number of carbonyl (C=O) groups excluding carboxylic acids is 1. The SMILES string of the molecule is CCNC1CCN(C(=O)CCC(F)(F)F)CC1. The first kappa shape index (κ1) is 14.3. The lowest BCUT2D eigenvalue weighted by atomic mass is 10.0. The standard InChI is InChI=1S/C11H19F3N2O/c1-2-15-9-4-7-16(8-5-9)10(17)3-6-11(12,13)14/h9,15H,2-8H2,1H3. The first-order valence-electron chi connectivity index (χ1n) is 6.00.